The second kappa shape index (κ2) is 4.09. The summed E-state index contributed by atoms with van der Waals surface area (Å²) < 4.78 is 0.994. The number of rotatable bonds is 1. The highest BCUT2D eigenvalue weighted by molar-refractivity contribution is 9.10. The lowest BCUT2D eigenvalue weighted by atomic mass is 10.2. The molecular formula is C12H7BrN2OS. The quantitative estimate of drug-likeness (QED) is 0.749. The van der Waals surface area contributed by atoms with Gasteiger partial charge in [0.25, 0.3) is 5.56 Å². The molecule has 3 rings (SSSR count). The summed E-state index contributed by atoms with van der Waals surface area (Å²) in [6, 6.07) is 9.27. The molecule has 0 bridgehead atoms. The maximum atomic E-state index is 11.9. The van der Waals surface area contributed by atoms with Crippen LogP contribution in [0.5, 0.6) is 0 Å². The van der Waals surface area contributed by atoms with Crippen LogP contribution < -0.4 is 5.56 Å². The number of aromatic amines is 1. The van der Waals surface area contributed by atoms with Crippen LogP contribution in [0.3, 0.4) is 0 Å². The van der Waals surface area contributed by atoms with Crippen molar-refractivity contribution >= 4 is 38.2 Å². The second-order valence-electron chi connectivity index (χ2n) is 3.56. The maximum Gasteiger partial charge on any atom is 0.259 e. The molecule has 0 amide bonds. The summed E-state index contributed by atoms with van der Waals surface area (Å²) in [6.07, 6.45) is 0. The highest BCUT2D eigenvalue weighted by Crippen LogP contribution is 2.27. The smallest absolute Gasteiger partial charge is 0.259 e. The number of benzene rings is 1. The molecule has 3 nitrogen and oxygen atoms in total. The number of halogens is 1. The Bertz CT molecular complexity index is 747. The monoisotopic (exact) mass is 306 g/mol. The Morgan fingerprint density at radius 3 is 2.88 bits per heavy atom. The van der Waals surface area contributed by atoms with Crippen LogP contribution in [0.25, 0.3) is 21.6 Å². The van der Waals surface area contributed by atoms with Crippen LogP contribution in [0.1, 0.15) is 0 Å². The van der Waals surface area contributed by atoms with Crippen molar-refractivity contribution in [2.45, 2.75) is 0 Å². The molecule has 17 heavy (non-hydrogen) atoms. The maximum absolute atomic E-state index is 11.9. The zero-order chi connectivity index (χ0) is 11.8. The number of fused-ring (bicyclic) bond motifs is 1. The van der Waals surface area contributed by atoms with Crippen LogP contribution in [0.4, 0.5) is 0 Å². The fourth-order valence-corrected chi connectivity index (χ4v) is 3.01. The number of nitrogens with zero attached hydrogens (tertiary/aromatic N) is 1. The first-order chi connectivity index (χ1) is 8.24. The fourth-order valence-electron chi connectivity index (χ4n) is 1.64. The van der Waals surface area contributed by atoms with E-state index in [0.29, 0.717) is 11.2 Å². The third kappa shape index (κ3) is 1.92. The molecule has 0 saturated carbocycles. The zero-order valence-corrected chi connectivity index (χ0v) is 11.0. The largest absolute Gasteiger partial charge is 0.305 e. The van der Waals surface area contributed by atoms with E-state index in [0.717, 1.165) is 14.9 Å². The van der Waals surface area contributed by atoms with Crippen LogP contribution in [-0.2, 0) is 0 Å². The van der Waals surface area contributed by atoms with Crippen molar-refractivity contribution in [3.05, 3.63) is 50.5 Å². The van der Waals surface area contributed by atoms with Crippen LogP contribution in [0.15, 0.2) is 45.0 Å². The van der Waals surface area contributed by atoms with Gasteiger partial charge in [-0.1, -0.05) is 12.1 Å². The number of hydrogen-bond acceptors (Lipinski definition) is 3. The molecule has 0 saturated heterocycles. The Balaban J connectivity index is 2.29. The number of hydrogen-bond donors (Lipinski definition) is 1. The van der Waals surface area contributed by atoms with E-state index < -0.39 is 0 Å². The number of aromatic nitrogens is 2. The van der Waals surface area contributed by atoms with Gasteiger partial charge >= 0.3 is 0 Å². The molecule has 0 fully saturated rings. The Hall–Kier alpha value is -1.46. The van der Waals surface area contributed by atoms with Gasteiger partial charge in [-0.25, -0.2) is 4.98 Å². The van der Waals surface area contributed by atoms with Gasteiger partial charge in [0, 0.05) is 9.85 Å². The Morgan fingerprint density at radius 1 is 1.29 bits per heavy atom. The first kappa shape index (κ1) is 10.7. The van der Waals surface area contributed by atoms with Gasteiger partial charge in [0.15, 0.2) is 5.82 Å². The van der Waals surface area contributed by atoms with Gasteiger partial charge in [-0.15, -0.1) is 11.3 Å². The molecule has 0 unspecified atom stereocenters. The van der Waals surface area contributed by atoms with Crippen LogP contribution in [0, 0.1) is 0 Å². The van der Waals surface area contributed by atoms with Crippen molar-refractivity contribution < 1.29 is 0 Å². The third-order valence-corrected chi connectivity index (χ3v) is 4.11. The molecule has 2 aromatic heterocycles. The van der Waals surface area contributed by atoms with Crippen molar-refractivity contribution in [2.24, 2.45) is 0 Å². The van der Waals surface area contributed by atoms with E-state index in [2.05, 4.69) is 25.9 Å². The summed E-state index contributed by atoms with van der Waals surface area (Å²) in [4.78, 5) is 20.1. The van der Waals surface area contributed by atoms with Gasteiger partial charge in [0.2, 0.25) is 0 Å². The molecule has 84 valence electrons. The second-order valence-corrected chi connectivity index (χ2v) is 5.39. The van der Waals surface area contributed by atoms with Crippen molar-refractivity contribution in [3.8, 4) is 10.7 Å². The van der Waals surface area contributed by atoms with Gasteiger partial charge in [0.05, 0.1) is 15.8 Å². The molecule has 0 radical (unpaired) electrons. The fraction of sp³-hybridized carbons (Fsp3) is 0. The molecule has 0 aliphatic rings. The Morgan fingerprint density at radius 2 is 2.12 bits per heavy atom. The Labute approximate surface area is 109 Å². The molecule has 0 atom stereocenters. The van der Waals surface area contributed by atoms with Gasteiger partial charge in [-0.3, -0.25) is 4.79 Å². The normalized spacial score (nSPS) is 10.9. The number of nitrogens with one attached hydrogen (secondary N) is 1. The van der Waals surface area contributed by atoms with Crippen molar-refractivity contribution in [1.82, 2.24) is 9.97 Å². The van der Waals surface area contributed by atoms with Gasteiger partial charge < -0.3 is 4.98 Å². The van der Waals surface area contributed by atoms with E-state index in [9.17, 15) is 4.79 Å². The lowest BCUT2D eigenvalue weighted by Gasteiger charge is -1.99. The van der Waals surface area contributed by atoms with Crippen LogP contribution in [-0.4, -0.2) is 9.97 Å². The van der Waals surface area contributed by atoms with Crippen LogP contribution >= 0.6 is 27.3 Å². The molecule has 1 aromatic carbocycles. The van der Waals surface area contributed by atoms with E-state index in [-0.39, 0.29) is 5.56 Å². The average Bonchev–Trinajstić information content (AvgIpc) is 2.76. The molecule has 1 N–H and O–H groups in total. The van der Waals surface area contributed by atoms with Gasteiger partial charge in [-0.2, -0.15) is 0 Å². The molecule has 0 spiro atoms. The highest BCUT2D eigenvalue weighted by atomic mass is 79.9. The highest BCUT2D eigenvalue weighted by Gasteiger charge is 2.07. The molecule has 2 heterocycles. The number of para-hydroxylation sites is 1. The van der Waals surface area contributed by atoms with Gasteiger partial charge in [0.1, 0.15) is 0 Å². The molecule has 0 aliphatic carbocycles. The predicted octanol–water partition coefficient (Wildman–Crippen LogP) is 3.41. The van der Waals surface area contributed by atoms with Crippen molar-refractivity contribution in [1.29, 1.82) is 0 Å². The first-order valence-corrected chi connectivity index (χ1v) is 6.65. The summed E-state index contributed by atoms with van der Waals surface area (Å²) >= 11 is 4.93. The van der Waals surface area contributed by atoms with Crippen molar-refractivity contribution in [2.75, 3.05) is 0 Å². The van der Waals surface area contributed by atoms with Crippen LogP contribution in [0.2, 0.25) is 0 Å². The van der Waals surface area contributed by atoms with E-state index in [4.69, 9.17) is 0 Å². The summed E-state index contributed by atoms with van der Waals surface area (Å²) in [6.45, 7) is 0. The summed E-state index contributed by atoms with van der Waals surface area (Å²) in [5.41, 5.74) is 0.617. The molecular weight excluding hydrogens is 300 g/mol. The van der Waals surface area contributed by atoms with E-state index in [1.807, 2.05) is 29.6 Å². The summed E-state index contributed by atoms with van der Waals surface area (Å²) in [5.74, 6) is 0.615. The number of H-pyrrole nitrogens is 1. The molecule has 0 aliphatic heterocycles. The summed E-state index contributed by atoms with van der Waals surface area (Å²) in [7, 11) is 0. The standard InChI is InChI=1S/C12H7BrN2OS/c13-7-5-10(17-6-7)11-14-9-4-2-1-3-8(9)12(16)15-11/h1-6H,(H,14,15,16). The van der Waals surface area contributed by atoms with E-state index >= 15 is 0 Å². The first-order valence-electron chi connectivity index (χ1n) is 4.97. The minimum atomic E-state index is -0.102. The van der Waals surface area contributed by atoms with E-state index in [1.54, 1.807) is 17.4 Å². The third-order valence-electron chi connectivity index (χ3n) is 2.41. The number of thiophene rings is 1. The van der Waals surface area contributed by atoms with E-state index in [1.165, 1.54) is 0 Å². The average molecular weight is 307 g/mol. The minimum Gasteiger partial charge on any atom is -0.305 e. The predicted molar refractivity (Wildman–Crippen MR) is 73.4 cm³/mol. The SMILES string of the molecule is O=c1[nH]c(-c2cc(Br)cs2)nc2ccccc12. The minimum absolute atomic E-state index is 0.102. The molecule has 3 aromatic rings. The lowest BCUT2D eigenvalue weighted by Crippen LogP contribution is -2.08. The topological polar surface area (TPSA) is 45.8 Å². The zero-order valence-electron chi connectivity index (χ0n) is 8.61. The lowest BCUT2D eigenvalue weighted by molar-refractivity contribution is 1.19. The molecule has 5 heteroatoms. The summed E-state index contributed by atoms with van der Waals surface area (Å²) in [5, 5.41) is 2.58. The van der Waals surface area contributed by atoms with Crippen molar-refractivity contribution in [3.63, 3.8) is 0 Å². The Kier molecular flexibility index (Phi) is 2.57. The van der Waals surface area contributed by atoms with Gasteiger partial charge in [-0.05, 0) is 34.1 Å².